The minimum atomic E-state index is 0.105. The molecular formula is C20H24N6O3. The summed E-state index contributed by atoms with van der Waals surface area (Å²) in [5.74, 6) is 2.58. The molecule has 1 aromatic carbocycles. The molecule has 29 heavy (non-hydrogen) atoms. The van der Waals surface area contributed by atoms with Gasteiger partial charge in [-0.3, -0.25) is 0 Å². The van der Waals surface area contributed by atoms with Gasteiger partial charge in [-0.2, -0.15) is 4.98 Å². The van der Waals surface area contributed by atoms with Gasteiger partial charge in [0.1, 0.15) is 12.4 Å². The number of nitrogens with one attached hydrogen (secondary N) is 1. The molecule has 0 fully saturated rings. The number of anilines is 3. The summed E-state index contributed by atoms with van der Waals surface area (Å²) >= 11 is 0. The van der Waals surface area contributed by atoms with Gasteiger partial charge in [-0.05, 0) is 19.1 Å². The molecule has 1 N–H and O–H groups in total. The van der Waals surface area contributed by atoms with Crippen molar-refractivity contribution >= 4 is 17.5 Å². The first-order chi connectivity index (χ1) is 14.1. The van der Waals surface area contributed by atoms with Gasteiger partial charge in [-0.15, -0.1) is 0 Å². The number of methoxy groups -OCH3 is 2. The molecule has 9 nitrogen and oxygen atoms in total. The van der Waals surface area contributed by atoms with Crippen LogP contribution in [0.4, 0.5) is 17.5 Å². The lowest BCUT2D eigenvalue weighted by molar-refractivity contribution is 0.142. The molecule has 3 heterocycles. The van der Waals surface area contributed by atoms with Crippen molar-refractivity contribution in [2.24, 2.45) is 0 Å². The van der Waals surface area contributed by atoms with E-state index in [4.69, 9.17) is 14.2 Å². The lowest BCUT2D eigenvalue weighted by Gasteiger charge is -2.34. The minimum absolute atomic E-state index is 0.105. The van der Waals surface area contributed by atoms with E-state index in [1.54, 1.807) is 26.7 Å². The number of imidazole rings is 1. The molecule has 0 saturated heterocycles. The highest BCUT2D eigenvalue weighted by atomic mass is 16.5. The van der Waals surface area contributed by atoms with Crippen LogP contribution in [-0.2, 0) is 4.74 Å². The average molecular weight is 396 g/mol. The first-order valence-electron chi connectivity index (χ1n) is 9.26. The van der Waals surface area contributed by atoms with Crippen molar-refractivity contribution in [1.29, 1.82) is 0 Å². The van der Waals surface area contributed by atoms with Crippen LogP contribution < -0.4 is 19.7 Å². The molecule has 0 spiro atoms. The van der Waals surface area contributed by atoms with Crippen molar-refractivity contribution in [3.63, 3.8) is 0 Å². The number of hydrogen-bond donors (Lipinski definition) is 1. The van der Waals surface area contributed by atoms with Gasteiger partial charge in [-0.1, -0.05) is 0 Å². The van der Waals surface area contributed by atoms with E-state index in [9.17, 15) is 0 Å². The molecule has 0 unspecified atom stereocenters. The van der Waals surface area contributed by atoms with Crippen molar-refractivity contribution in [1.82, 2.24) is 19.5 Å². The van der Waals surface area contributed by atoms with Crippen LogP contribution >= 0.6 is 0 Å². The summed E-state index contributed by atoms with van der Waals surface area (Å²) in [6.07, 6.45) is 5.40. The van der Waals surface area contributed by atoms with E-state index in [0.29, 0.717) is 30.7 Å². The zero-order valence-electron chi connectivity index (χ0n) is 16.9. The quantitative estimate of drug-likeness (QED) is 0.680. The second-order valence-electron chi connectivity index (χ2n) is 6.85. The van der Waals surface area contributed by atoms with Crippen molar-refractivity contribution in [2.45, 2.75) is 13.0 Å². The lowest BCUT2D eigenvalue weighted by atomic mass is 10.2. The third-order valence-electron chi connectivity index (χ3n) is 4.83. The van der Waals surface area contributed by atoms with E-state index in [1.807, 2.05) is 42.9 Å². The monoisotopic (exact) mass is 396 g/mol. The Labute approximate surface area is 169 Å². The first-order valence-corrected chi connectivity index (χ1v) is 9.26. The molecule has 1 aliphatic rings. The van der Waals surface area contributed by atoms with Crippen LogP contribution in [0, 0.1) is 6.92 Å². The Morgan fingerprint density at radius 2 is 2.14 bits per heavy atom. The van der Waals surface area contributed by atoms with Crippen LogP contribution in [0.2, 0.25) is 0 Å². The summed E-state index contributed by atoms with van der Waals surface area (Å²) in [5.41, 5.74) is 2.66. The smallest absolute Gasteiger partial charge is 0.229 e. The molecule has 9 heteroatoms. The van der Waals surface area contributed by atoms with Crippen molar-refractivity contribution in [3.8, 4) is 17.2 Å². The van der Waals surface area contributed by atoms with E-state index in [1.165, 1.54) is 0 Å². The second-order valence-corrected chi connectivity index (χ2v) is 6.85. The molecule has 152 valence electrons. The molecule has 0 amide bonds. The van der Waals surface area contributed by atoms with Crippen molar-refractivity contribution in [2.75, 3.05) is 44.7 Å². The van der Waals surface area contributed by atoms with Gasteiger partial charge in [0.05, 0.1) is 43.7 Å². The summed E-state index contributed by atoms with van der Waals surface area (Å²) in [6.45, 7) is 3.05. The van der Waals surface area contributed by atoms with E-state index >= 15 is 0 Å². The third-order valence-corrected chi connectivity index (χ3v) is 4.83. The van der Waals surface area contributed by atoms with E-state index < -0.39 is 0 Å². The fourth-order valence-electron chi connectivity index (χ4n) is 3.25. The summed E-state index contributed by atoms with van der Waals surface area (Å²) in [7, 11) is 5.30. The Kier molecular flexibility index (Phi) is 5.22. The average Bonchev–Trinajstić information content (AvgIpc) is 3.16. The summed E-state index contributed by atoms with van der Waals surface area (Å²) in [4.78, 5) is 15.3. The largest absolute Gasteiger partial charge is 0.494 e. The van der Waals surface area contributed by atoms with Crippen LogP contribution in [0.15, 0.2) is 36.9 Å². The van der Waals surface area contributed by atoms with E-state index in [-0.39, 0.29) is 6.04 Å². The van der Waals surface area contributed by atoms with Gasteiger partial charge in [0, 0.05) is 32.1 Å². The van der Waals surface area contributed by atoms with E-state index in [2.05, 4.69) is 25.2 Å². The molecule has 1 atom stereocenters. The van der Waals surface area contributed by atoms with Crippen molar-refractivity contribution in [3.05, 3.63) is 42.6 Å². The predicted molar refractivity (Wildman–Crippen MR) is 110 cm³/mol. The Hall–Kier alpha value is -3.33. The number of fused-ring (bicyclic) bond motifs is 1. The van der Waals surface area contributed by atoms with Crippen LogP contribution in [0.25, 0.3) is 5.69 Å². The number of hydrogen-bond acceptors (Lipinski definition) is 8. The number of likely N-dealkylation sites (N-methyl/N-ethyl adjacent to an activating group) is 1. The minimum Gasteiger partial charge on any atom is -0.494 e. The molecule has 2 aromatic heterocycles. The maximum Gasteiger partial charge on any atom is 0.229 e. The van der Waals surface area contributed by atoms with Crippen LogP contribution in [0.1, 0.15) is 5.69 Å². The number of nitrogens with zero attached hydrogens (tertiary/aromatic N) is 5. The number of benzene rings is 1. The molecule has 3 aromatic rings. The normalized spacial score (nSPS) is 15.6. The fraction of sp³-hybridized carbons (Fsp3) is 0.350. The number of rotatable bonds is 6. The number of aryl methyl sites for hydroxylation is 1. The van der Waals surface area contributed by atoms with Gasteiger partial charge in [0.15, 0.2) is 11.6 Å². The highest BCUT2D eigenvalue weighted by molar-refractivity contribution is 5.64. The van der Waals surface area contributed by atoms with Crippen LogP contribution in [-0.4, -0.2) is 60.0 Å². The summed E-state index contributed by atoms with van der Waals surface area (Å²) in [6, 6.07) is 5.92. The first kappa shape index (κ1) is 19.0. The van der Waals surface area contributed by atoms with Gasteiger partial charge in [-0.25, -0.2) is 9.97 Å². The lowest BCUT2D eigenvalue weighted by Crippen LogP contribution is -2.44. The highest BCUT2D eigenvalue weighted by Gasteiger charge is 2.26. The summed E-state index contributed by atoms with van der Waals surface area (Å²) in [5, 5.41) is 3.24. The Bertz CT molecular complexity index is 1010. The maximum absolute atomic E-state index is 5.76. The zero-order chi connectivity index (χ0) is 20.4. The van der Waals surface area contributed by atoms with Crippen LogP contribution in [0.5, 0.6) is 11.5 Å². The maximum atomic E-state index is 5.76. The SMILES string of the molecule is COC[C@@H]1COc2cnc(Nc3ccc(-n4cnc(C)c4)c(OC)c3)nc2N1C. The Morgan fingerprint density at radius 3 is 2.86 bits per heavy atom. The Morgan fingerprint density at radius 1 is 1.28 bits per heavy atom. The van der Waals surface area contributed by atoms with E-state index in [0.717, 1.165) is 22.9 Å². The predicted octanol–water partition coefficient (Wildman–Crippen LogP) is 2.57. The fourth-order valence-corrected chi connectivity index (χ4v) is 3.25. The molecule has 1 aliphatic heterocycles. The van der Waals surface area contributed by atoms with Gasteiger partial charge < -0.3 is 29.0 Å². The molecule has 4 rings (SSSR count). The van der Waals surface area contributed by atoms with Crippen LogP contribution in [0.3, 0.4) is 0 Å². The zero-order valence-corrected chi connectivity index (χ0v) is 16.9. The van der Waals surface area contributed by atoms with Crippen molar-refractivity contribution < 1.29 is 14.2 Å². The van der Waals surface area contributed by atoms with Gasteiger partial charge in [0.2, 0.25) is 5.95 Å². The number of aromatic nitrogens is 4. The topological polar surface area (TPSA) is 86.6 Å². The summed E-state index contributed by atoms with van der Waals surface area (Å²) < 4.78 is 18.5. The third kappa shape index (κ3) is 3.81. The van der Waals surface area contributed by atoms with Gasteiger partial charge in [0.25, 0.3) is 0 Å². The van der Waals surface area contributed by atoms with Gasteiger partial charge >= 0.3 is 0 Å². The molecule has 0 aliphatic carbocycles. The molecule has 0 radical (unpaired) electrons. The standard InChI is InChI=1S/C20H24N6O3/c1-13-9-26(12-22-13)16-6-5-14(7-17(16)28-4)23-20-21-8-18-19(24-20)25(2)15(10-27-3)11-29-18/h5-9,12,15H,10-11H2,1-4H3,(H,21,23,24)/t15-/m1/s1. The second kappa shape index (κ2) is 7.96. The number of ether oxygens (including phenoxy) is 3. The molecular weight excluding hydrogens is 372 g/mol. The molecule has 0 bridgehead atoms. The Balaban J connectivity index is 1.58. The molecule has 0 saturated carbocycles. The highest BCUT2D eigenvalue weighted by Crippen LogP contribution is 2.32.